The Labute approximate surface area is 131 Å². The second kappa shape index (κ2) is 5.53. The lowest BCUT2D eigenvalue weighted by Gasteiger charge is -1.94. The van der Waals surface area contributed by atoms with E-state index in [1.54, 1.807) is 26.0 Å². The maximum atomic E-state index is 11.9. The molecule has 0 saturated heterocycles. The molecule has 1 aliphatic rings. The van der Waals surface area contributed by atoms with Gasteiger partial charge < -0.3 is 15.4 Å². The summed E-state index contributed by atoms with van der Waals surface area (Å²) in [5.41, 5.74) is 3.53. The molecule has 0 spiro atoms. The van der Waals surface area contributed by atoms with Crippen molar-refractivity contribution >= 4 is 29.5 Å². The van der Waals surface area contributed by atoms with Crippen molar-refractivity contribution in [1.29, 1.82) is 0 Å². The lowest BCUT2D eigenvalue weighted by molar-refractivity contribution is -0.110. The summed E-state index contributed by atoms with van der Waals surface area (Å²) in [6.07, 6.45) is 1.41. The molecule has 0 saturated carbocycles. The summed E-state index contributed by atoms with van der Waals surface area (Å²) in [4.78, 5) is 26.0. The van der Waals surface area contributed by atoms with Crippen LogP contribution in [0.25, 0.3) is 0 Å². The van der Waals surface area contributed by atoms with Crippen molar-refractivity contribution in [3.05, 3.63) is 52.3 Å². The fourth-order valence-electron chi connectivity index (χ4n) is 2.57. The van der Waals surface area contributed by atoms with Gasteiger partial charge in [-0.1, -0.05) is 18.2 Å². The fourth-order valence-corrected chi connectivity index (χ4v) is 2.57. The number of nitrogens with zero attached hydrogens (tertiary/aromatic N) is 2. The van der Waals surface area contributed by atoms with Crippen LogP contribution in [0.15, 0.2) is 34.5 Å². The first-order chi connectivity index (χ1) is 11.0. The van der Waals surface area contributed by atoms with E-state index in [0.717, 1.165) is 0 Å². The molecule has 3 N–H and O–H groups in total. The molecule has 0 bridgehead atoms. The maximum Gasteiger partial charge on any atom is 0.337 e. The van der Waals surface area contributed by atoms with Crippen LogP contribution in [0.5, 0.6) is 0 Å². The van der Waals surface area contributed by atoms with Gasteiger partial charge in [0.1, 0.15) is 0 Å². The molecule has 1 aromatic heterocycles. The van der Waals surface area contributed by atoms with Gasteiger partial charge in [-0.2, -0.15) is 5.10 Å². The first-order valence-corrected chi connectivity index (χ1v) is 6.93. The van der Waals surface area contributed by atoms with Crippen LogP contribution in [-0.2, 0) is 4.79 Å². The number of carbonyl (C=O) groups is 2. The molecule has 0 radical (unpaired) electrons. The SMILES string of the molecule is Cc1[nH]c(C=NN=C2C(=O)Nc3ccccc32)c(C)c1C(=O)O. The van der Waals surface area contributed by atoms with E-state index in [1.807, 2.05) is 12.1 Å². The minimum atomic E-state index is -0.994. The number of benzene rings is 1. The molecule has 7 heteroatoms. The number of H-pyrrole nitrogens is 1. The summed E-state index contributed by atoms with van der Waals surface area (Å²) in [7, 11) is 0. The second-order valence-corrected chi connectivity index (χ2v) is 5.16. The summed E-state index contributed by atoms with van der Waals surface area (Å²) in [6, 6.07) is 7.21. The van der Waals surface area contributed by atoms with E-state index in [1.165, 1.54) is 6.21 Å². The van der Waals surface area contributed by atoms with Crippen LogP contribution in [0.4, 0.5) is 5.69 Å². The number of aromatic carboxylic acids is 1. The first-order valence-electron chi connectivity index (χ1n) is 6.93. The molecule has 0 unspecified atom stereocenters. The zero-order chi connectivity index (χ0) is 16.6. The average Bonchev–Trinajstić information content (AvgIpc) is 2.96. The van der Waals surface area contributed by atoms with Gasteiger partial charge in [0.05, 0.1) is 23.2 Å². The maximum absolute atomic E-state index is 11.9. The highest BCUT2D eigenvalue weighted by Crippen LogP contribution is 2.22. The zero-order valence-electron chi connectivity index (χ0n) is 12.5. The van der Waals surface area contributed by atoms with Gasteiger partial charge in [-0.05, 0) is 25.5 Å². The summed E-state index contributed by atoms with van der Waals surface area (Å²) in [6.45, 7) is 3.37. The van der Waals surface area contributed by atoms with Crippen molar-refractivity contribution in [1.82, 2.24) is 4.98 Å². The van der Waals surface area contributed by atoms with Gasteiger partial charge in [0, 0.05) is 11.3 Å². The normalized spacial score (nSPS) is 15.2. The number of aromatic amines is 1. The Morgan fingerprint density at radius 1 is 1.26 bits per heavy atom. The number of para-hydroxylation sites is 1. The van der Waals surface area contributed by atoms with E-state index in [9.17, 15) is 9.59 Å². The van der Waals surface area contributed by atoms with Crippen LogP contribution in [0.3, 0.4) is 0 Å². The summed E-state index contributed by atoms with van der Waals surface area (Å²) >= 11 is 0. The first kappa shape index (κ1) is 14.7. The number of nitrogens with one attached hydrogen (secondary N) is 2. The van der Waals surface area contributed by atoms with Crippen molar-refractivity contribution in [2.75, 3.05) is 5.32 Å². The van der Waals surface area contributed by atoms with Gasteiger partial charge in [-0.15, -0.1) is 5.10 Å². The third-order valence-corrected chi connectivity index (χ3v) is 3.68. The van der Waals surface area contributed by atoms with Crippen LogP contribution in [-0.4, -0.2) is 33.9 Å². The molecule has 1 amide bonds. The Morgan fingerprint density at radius 3 is 2.70 bits per heavy atom. The van der Waals surface area contributed by atoms with Crippen LogP contribution < -0.4 is 5.32 Å². The van der Waals surface area contributed by atoms with Gasteiger partial charge in [0.2, 0.25) is 0 Å². The Hall–Kier alpha value is -3.22. The average molecular weight is 310 g/mol. The molecule has 1 aliphatic heterocycles. The number of carboxylic acid groups (broad SMARTS) is 1. The van der Waals surface area contributed by atoms with Crippen molar-refractivity contribution < 1.29 is 14.7 Å². The highest BCUT2D eigenvalue weighted by molar-refractivity contribution is 6.53. The Bertz CT molecular complexity index is 877. The number of hydrogen-bond donors (Lipinski definition) is 3. The molecule has 2 aromatic rings. The molecule has 7 nitrogen and oxygen atoms in total. The van der Waals surface area contributed by atoms with Crippen molar-refractivity contribution in [2.45, 2.75) is 13.8 Å². The number of aromatic nitrogens is 1. The smallest absolute Gasteiger partial charge is 0.337 e. The third kappa shape index (κ3) is 2.52. The quantitative estimate of drug-likeness (QED) is 0.597. The Balaban J connectivity index is 1.92. The molecule has 0 fully saturated rings. The molecule has 23 heavy (non-hydrogen) atoms. The fraction of sp³-hybridized carbons (Fsp3) is 0.125. The minimum absolute atomic E-state index is 0.225. The molecular weight excluding hydrogens is 296 g/mol. The highest BCUT2D eigenvalue weighted by atomic mass is 16.4. The van der Waals surface area contributed by atoms with Crippen LogP contribution in [0.1, 0.15) is 32.9 Å². The summed E-state index contributed by atoms with van der Waals surface area (Å²) in [5.74, 6) is -1.31. The summed E-state index contributed by atoms with van der Waals surface area (Å²) in [5, 5.41) is 19.8. The molecular formula is C16H14N4O3. The number of amides is 1. The van der Waals surface area contributed by atoms with E-state index < -0.39 is 5.97 Å². The van der Waals surface area contributed by atoms with Crippen LogP contribution >= 0.6 is 0 Å². The van der Waals surface area contributed by atoms with Gasteiger partial charge in [-0.3, -0.25) is 4.79 Å². The van der Waals surface area contributed by atoms with E-state index in [-0.39, 0.29) is 17.2 Å². The predicted octanol–water partition coefficient (Wildman–Crippen LogP) is 2.11. The second-order valence-electron chi connectivity index (χ2n) is 5.16. The van der Waals surface area contributed by atoms with E-state index in [0.29, 0.717) is 28.2 Å². The lowest BCUT2D eigenvalue weighted by Crippen LogP contribution is -2.13. The minimum Gasteiger partial charge on any atom is -0.478 e. The number of hydrogen-bond acceptors (Lipinski definition) is 4. The molecule has 0 atom stereocenters. The number of aryl methyl sites for hydroxylation is 1. The Morgan fingerprint density at radius 2 is 2.00 bits per heavy atom. The number of rotatable bonds is 3. The Kier molecular flexibility index (Phi) is 3.53. The van der Waals surface area contributed by atoms with Gasteiger partial charge in [-0.25, -0.2) is 4.79 Å². The predicted molar refractivity (Wildman–Crippen MR) is 86.4 cm³/mol. The van der Waals surface area contributed by atoms with E-state index in [4.69, 9.17) is 5.11 Å². The topological polar surface area (TPSA) is 107 Å². The third-order valence-electron chi connectivity index (χ3n) is 3.68. The van der Waals surface area contributed by atoms with Gasteiger partial charge >= 0.3 is 5.97 Å². The lowest BCUT2D eigenvalue weighted by atomic mass is 10.1. The largest absolute Gasteiger partial charge is 0.478 e. The number of carbonyl (C=O) groups excluding carboxylic acids is 1. The van der Waals surface area contributed by atoms with E-state index >= 15 is 0 Å². The monoisotopic (exact) mass is 310 g/mol. The van der Waals surface area contributed by atoms with Crippen molar-refractivity contribution in [3.63, 3.8) is 0 Å². The van der Waals surface area contributed by atoms with Crippen LogP contribution in [0.2, 0.25) is 0 Å². The van der Waals surface area contributed by atoms with Crippen LogP contribution in [0, 0.1) is 13.8 Å². The van der Waals surface area contributed by atoms with Gasteiger partial charge in [0.15, 0.2) is 5.71 Å². The zero-order valence-corrected chi connectivity index (χ0v) is 12.5. The number of carboxylic acids is 1. The molecule has 0 aliphatic carbocycles. The van der Waals surface area contributed by atoms with Crippen molar-refractivity contribution in [3.8, 4) is 0 Å². The molecule has 1 aromatic carbocycles. The molecule has 3 rings (SSSR count). The van der Waals surface area contributed by atoms with E-state index in [2.05, 4.69) is 20.5 Å². The highest BCUT2D eigenvalue weighted by Gasteiger charge is 2.25. The molecule has 2 heterocycles. The number of fused-ring (bicyclic) bond motifs is 1. The molecule has 116 valence electrons. The standard InChI is InChI=1S/C16H14N4O3/c1-8-12(18-9(2)13(8)16(22)23)7-17-20-14-10-5-3-4-6-11(10)19-15(14)21/h3-7,18H,1-2H3,(H,22,23)(H,19,20,21). The van der Waals surface area contributed by atoms with Crippen molar-refractivity contribution in [2.24, 2.45) is 10.2 Å². The van der Waals surface area contributed by atoms with Gasteiger partial charge in [0.25, 0.3) is 5.91 Å². The number of anilines is 1. The summed E-state index contributed by atoms with van der Waals surface area (Å²) < 4.78 is 0.